The van der Waals surface area contributed by atoms with Crippen LogP contribution in [0.2, 0.25) is 0 Å². The van der Waals surface area contributed by atoms with Crippen LogP contribution < -0.4 is 10.2 Å². The van der Waals surface area contributed by atoms with Crippen LogP contribution in [0.5, 0.6) is 0 Å². The highest BCUT2D eigenvalue weighted by atomic mass is 19.4. The van der Waals surface area contributed by atoms with E-state index >= 15 is 0 Å². The number of nitrogens with zero attached hydrogens (tertiary/aromatic N) is 5. The van der Waals surface area contributed by atoms with Crippen molar-refractivity contribution in [2.45, 2.75) is 25.3 Å². The van der Waals surface area contributed by atoms with Gasteiger partial charge < -0.3 is 15.1 Å². The van der Waals surface area contributed by atoms with Crippen molar-refractivity contribution in [1.29, 1.82) is 0 Å². The molecule has 34 heavy (non-hydrogen) atoms. The third-order valence-corrected chi connectivity index (χ3v) is 5.75. The van der Waals surface area contributed by atoms with Gasteiger partial charge in [-0.15, -0.1) is 13.2 Å². The van der Waals surface area contributed by atoms with Crippen LogP contribution in [0.4, 0.5) is 19.0 Å². The molecule has 1 fully saturated rings. The van der Waals surface area contributed by atoms with Gasteiger partial charge in [-0.05, 0) is 26.1 Å². The maximum atomic E-state index is 12.9. The highest BCUT2D eigenvalue weighted by molar-refractivity contribution is 5.97. The molecule has 1 amide bonds. The van der Waals surface area contributed by atoms with Crippen LogP contribution in [0.15, 0.2) is 54.9 Å². The second-order valence-electron chi connectivity index (χ2n) is 8.52. The first-order valence-electron chi connectivity index (χ1n) is 10.8. The molecule has 1 aliphatic carbocycles. The maximum Gasteiger partial charge on any atom is 0.523 e. The predicted molar refractivity (Wildman–Crippen MR) is 120 cm³/mol. The number of hydrogen-bond donors (Lipinski definition) is 1. The average molecular weight is 474 g/mol. The van der Waals surface area contributed by atoms with E-state index in [1.54, 1.807) is 18.5 Å². The van der Waals surface area contributed by atoms with Gasteiger partial charge in [0.15, 0.2) is 0 Å². The van der Waals surface area contributed by atoms with E-state index in [0.29, 0.717) is 11.3 Å². The largest absolute Gasteiger partial charge is 0.523 e. The maximum absolute atomic E-state index is 12.9. The normalized spacial score (nSPS) is 21.3. The monoisotopic (exact) mass is 474 g/mol. The molecule has 2 aromatic rings. The van der Waals surface area contributed by atoms with Crippen LogP contribution in [0.25, 0.3) is 11.1 Å². The molecule has 11 heteroatoms. The summed E-state index contributed by atoms with van der Waals surface area (Å²) in [5, 5.41) is 2.73. The number of halogens is 3. The fraction of sp³-hybridized carbons (Fsp3) is 0.391. The Balaban J connectivity index is 1.54. The van der Waals surface area contributed by atoms with Gasteiger partial charge in [-0.1, -0.05) is 12.2 Å². The summed E-state index contributed by atoms with van der Waals surface area (Å²) in [6.07, 6.45) is 5.68. The molecule has 1 unspecified atom stereocenters. The fourth-order valence-electron chi connectivity index (χ4n) is 3.85. The zero-order valence-corrected chi connectivity index (χ0v) is 18.8. The molecule has 0 spiro atoms. The molecule has 0 radical (unpaired) electrons. The molecule has 2 aromatic heterocycles. The lowest BCUT2D eigenvalue weighted by Gasteiger charge is -2.34. The first-order valence-corrected chi connectivity index (χ1v) is 10.8. The summed E-state index contributed by atoms with van der Waals surface area (Å²) in [5.41, 5.74) is 0.651. The molecule has 8 nitrogen and oxygen atoms in total. The number of aromatic nitrogens is 3. The van der Waals surface area contributed by atoms with Crippen LogP contribution in [0.3, 0.4) is 0 Å². The predicted octanol–water partition coefficient (Wildman–Crippen LogP) is 3.16. The number of ether oxygens (including phenoxy) is 1. The number of carbonyl (C=O) groups excluding carboxylic acids is 1. The van der Waals surface area contributed by atoms with E-state index in [-0.39, 0.29) is 6.42 Å². The Hall–Kier alpha value is -3.31. The number of allylic oxidation sites excluding steroid dienone is 1. The fourth-order valence-corrected chi connectivity index (χ4v) is 3.85. The molecular weight excluding hydrogens is 449 g/mol. The number of amides is 1. The van der Waals surface area contributed by atoms with Gasteiger partial charge in [0, 0.05) is 68.0 Å². The van der Waals surface area contributed by atoms with Gasteiger partial charge in [-0.3, -0.25) is 9.53 Å². The lowest BCUT2D eigenvalue weighted by molar-refractivity contribution is -0.355. The number of nitrogens with one attached hydrogen (secondary N) is 1. The smallest absolute Gasteiger partial charge is 0.354 e. The Bertz CT molecular complexity index is 1100. The lowest BCUT2D eigenvalue weighted by atomic mass is 9.96. The third kappa shape index (κ3) is 5.78. The van der Waals surface area contributed by atoms with Crippen molar-refractivity contribution in [1.82, 2.24) is 25.2 Å². The Morgan fingerprint density at radius 3 is 2.47 bits per heavy atom. The van der Waals surface area contributed by atoms with E-state index in [1.807, 2.05) is 0 Å². The number of rotatable bonds is 5. The van der Waals surface area contributed by atoms with Crippen molar-refractivity contribution in [2.75, 3.05) is 38.1 Å². The molecule has 1 saturated heterocycles. The molecule has 180 valence electrons. The van der Waals surface area contributed by atoms with Gasteiger partial charge >= 0.3 is 6.36 Å². The molecule has 1 aliphatic heterocycles. The number of pyridine rings is 1. The summed E-state index contributed by atoms with van der Waals surface area (Å²) in [4.78, 5) is 30.1. The van der Waals surface area contributed by atoms with E-state index in [4.69, 9.17) is 0 Å². The first-order chi connectivity index (χ1) is 16.1. The van der Waals surface area contributed by atoms with E-state index in [1.165, 1.54) is 37.7 Å². The number of hydrogen-bond acceptors (Lipinski definition) is 7. The molecular formula is C23H25F3N6O2. The van der Waals surface area contributed by atoms with Crippen molar-refractivity contribution < 1.29 is 22.7 Å². The second kappa shape index (κ2) is 9.51. The molecule has 4 rings (SSSR count). The lowest BCUT2D eigenvalue weighted by Crippen LogP contribution is -2.45. The number of likely N-dealkylation sites (N-methyl/N-ethyl adjacent to an activating group) is 1. The SMILES string of the molecule is CN1CCN(c2ncc(C(=O)NC3=CCC(C)(OC(F)(F)F)C=C3)cc2-c2cncnc2)CC1. The molecule has 0 saturated carbocycles. The van der Waals surface area contributed by atoms with E-state index < -0.39 is 17.9 Å². The summed E-state index contributed by atoms with van der Waals surface area (Å²) < 4.78 is 42.0. The van der Waals surface area contributed by atoms with Crippen LogP contribution in [0.1, 0.15) is 23.7 Å². The summed E-state index contributed by atoms with van der Waals surface area (Å²) in [7, 11) is 2.07. The van der Waals surface area contributed by atoms with Crippen molar-refractivity contribution >= 4 is 11.7 Å². The zero-order chi connectivity index (χ0) is 24.3. The molecule has 0 aromatic carbocycles. The summed E-state index contributed by atoms with van der Waals surface area (Å²) in [6, 6.07) is 1.73. The average Bonchev–Trinajstić information content (AvgIpc) is 2.80. The number of alkyl halides is 3. The molecule has 0 bridgehead atoms. The van der Waals surface area contributed by atoms with Crippen molar-refractivity contribution in [3.63, 3.8) is 0 Å². The highest BCUT2D eigenvalue weighted by Crippen LogP contribution is 2.32. The number of carbonyl (C=O) groups is 1. The van der Waals surface area contributed by atoms with Gasteiger partial charge in [-0.2, -0.15) is 0 Å². The molecule has 2 aliphatic rings. The Morgan fingerprint density at radius 2 is 1.85 bits per heavy atom. The van der Waals surface area contributed by atoms with Crippen LogP contribution >= 0.6 is 0 Å². The van der Waals surface area contributed by atoms with Crippen LogP contribution in [-0.2, 0) is 4.74 Å². The van der Waals surface area contributed by atoms with Crippen molar-refractivity contribution in [3.8, 4) is 11.1 Å². The van der Waals surface area contributed by atoms with Gasteiger partial charge in [0.05, 0.1) is 11.2 Å². The van der Waals surface area contributed by atoms with Gasteiger partial charge in [-0.25, -0.2) is 15.0 Å². The van der Waals surface area contributed by atoms with Crippen LogP contribution in [-0.4, -0.2) is 70.9 Å². The third-order valence-electron chi connectivity index (χ3n) is 5.75. The quantitative estimate of drug-likeness (QED) is 0.713. The Kier molecular flexibility index (Phi) is 6.67. The Labute approximate surface area is 195 Å². The molecule has 1 N–H and O–H groups in total. The number of anilines is 1. The Morgan fingerprint density at radius 1 is 1.15 bits per heavy atom. The molecule has 3 heterocycles. The minimum atomic E-state index is -4.75. The van der Waals surface area contributed by atoms with E-state index in [0.717, 1.165) is 43.1 Å². The highest BCUT2D eigenvalue weighted by Gasteiger charge is 2.39. The van der Waals surface area contributed by atoms with E-state index in [9.17, 15) is 18.0 Å². The van der Waals surface area contributed by atoms with Crippen molar-refractivity contribution in [2.24, 2.45) is 0 Å². The van der Waals surface area contributed by atoms with E-state index in [2.05, 4.69) is 41.9 Å². The standard InChI is InChI=1S/C23H25F3N6O2/c1-22(34-23(24,25)26)5-3-18(4-6-22)30-21(33)16-11-19(17-12-27-15-28-13-17)20(29-14-16)32-9-7-31(2)8-10-32/h3-5,11-15H,6-10H2,1-2H3,(H,30,33). The van der Waals surface area contributed by atoms with Gasteiger partial charge in [0.2, 0.25) is 0 Å². The van der Waals surface area contributed by atoms with Crippen LogP contribution in [0, 0.1) is 0 Å². The summed E-state index contributed by atoms with van der Waals surface area (Å²) in [5.74, 6) is 0.322. The second-order valence-corrected chi connectivity index (χ2v) is 8.52. The zero-order valence-electron chi connectivity index (χ0n) is 18.8. The topological polar surface area (TPSA) is 83.5 Å². The minimum absolute atomic E-state index is 0.0359. The van der Waals surface area contributed by atoms with Crippen molar-refractivity contribution in [3.05, 3.63) is 60.5 Å². The number of piperazine rings is 1. The minimum Gasteiger partial charge on any atom is -0.354 e. The first kappa shape index (κ1) is 23.8. The summed E-state index contributed by atoms with van der Waals surface area (Å²) in [6.45, 7) is 4.72. The van der Waals surface area contributed by atoms with Gasteiger partial charge in [0.1, 0.15) is 12.1 Å². The van der Waals surface area contributed by atoms with Gasteiger partial charge in [0.25, 0.3) is 5.91 Å². The molecule has 1 atom stereocenters. The summed E-state index contributed by atoms with van der Waals surface area (Å²) >= 11 is 0.